The zero-order valence-corrected chi connectivity index (χ0v) is 37.6. The van der Waals surface area contributed by atoms with Gasteiger partial charge in [0.05, 0.1) is 19.0 Å². The molecule has 1 aliphatic rings. The first-order chi connectivity index (χ1) is 27.6. The number of aliphatic carboxylic acids is 1. The minimum atomic E-state index is -0.658. The van der Waals surface area contributed by atoms with Gasteiger partial charge in [0, 0.05) is 32.4 Å². The Labute approximate surface area is 349 Å². The summed E-state index contributed by atoms with van der Waals surface area (Å²) < 4.78 is 5.48. The highest BCUT2D eigenvalue weighted by Gasteiger charge is 2.15. The third-order valence-electron chi connectivity index (χ3n) is 12.1. The second kappa shape index (κ2) is 43.0. The molecular weight excluding hydrogens is 693 g/mol. The SMILES string of the molecule is CCCCCCCCCCCCCCCCOC(=O)CCCCCCCCCCCCCCCN1CCN=C1CCCCCCCCCCCCCCC(=O)O. The van der Waals surface area contributed by atoms with E-state index >= 15 is 0 Å². The summed E-state index contributed by atoms with van der Waals surface area (Å²) in [5.74, 6) is 0.751. The van der Waals surface area contributed by atoms with E-state index in [1.165, 1.54) is 244 Å². The molecule has 56 heavy (non-hydrogen) atoms. The van der Waals surface area contributed by atoms with Crippen LogP contribution in [0.15, 0.2) is 4.99 Å². The highest BCUT2D eigenvalue weighted by Crippen LogP contribution is 2.18. The van der Waals surface area contributed by atoms with Crippen LogP contribution in [0, 0.1) is 0 Å². The molecule has 0 fully saturated rings. The van der Waals surface area contributed by atoms with Gasteiger partial charge in [-0.1, -0.05) is 225 Å². The molecule has 0 aromatic rings. The Balaban J connectivity index is 1.75. The third kappa shape index (κ3) is 38.0. The minimum Gasteiger partial charge on any atom is -0.481 e. The topological polar surface area (TPSA) is 79.2 Å². The van der Waals surface area contributed by atoms with Crippen molar-refractivity contribution in [2.45, 2.75) is 277 Å². The van der Waals surface area contributed by atoms with Crippen LogP contribution in [0.1, 0.15) is 277 Å². The average Bonchev–Trinajstić information content (AvgIpc) is 3.64. The number of carboxylic acid groups (broad SMARTS) is 1. The van der Waals surface area contributed by atoms with Crippen LogP contribution in [-0.4, -0.2) is 54.0 Å². The van der Waals surface area contributed by atoms with Crippen LogP contribution in [0.2, 0.25) is 0 Å². The van der Waals surface area contributed by atoms with Gasteiger partial charge in [0.25, 0.3) is 0 Å². The lowest BCUT2D eigenvalue weighted by Gasteiger charge is -2.20. The molecule has 6 heteroatoms. The van der Waals surface area contributed by atoms with Gasteiger partial charge in [-0.3, -0.25) is 14.6 Å². The number of carbonyl (C=O) groups excluding carboxylic acids is 1. The Morgan fingerprint density at radius 3 is 1.27 bits per heavy atom. The second-order valence-electron chi connectivity index (χ2n) is 17.6. The molecule has 6 nitrogen and oxygen atoms in total. The standard InChI is InChI=1S/C50H96N2O4/c1-2-3-4-5-6-7-8-9-15-20-25-30-35-40-47-56-50(55)43-38-33-28-23-18-11-10-14-19-24-29-34-39-45-52-46-44-51-48(52)41-36-31-26-21-16-12-13-17-22-27-32-37-42-49(53)54/h2-47H2,1H3,(H,53,54). The summed E-state index contributed by atoms with van der Waals surface area (Å²) in [6.45, 7) is 6.26. The monoisotopic (exact) mass is 789 g/mol. The molecule has 0 saturated heterocycles. The first kappa shape index (κ1) is 52.4. The number of unbranched alkanes of at least 4 members (excludes halogenated alkanes) is 36. The fraction of sp³-hybridized carbons (Fsp3) is 0.940. The normalized spacial score (nSPS) is 12.8. The summed E-state index contributed by atoms with van der Waals surface area (Å²) in [7, 11) is 0. The molecule has 0 spiro atoms. The summed E-state index contributed by atoms with van der Waals surface area (Å²) in [4.78, 5) is 30.0. The Hall–Kier alpha value is -1.59. The predicted molar refractivity (Wildman–Crippen MR) is 242 cm³/mol. The van der Waals surface area contributed by atoms with Crippen LogP contribution < -0.4 is 0 Å². The fourth-order valence-corrected chi connectivity index (χ4v) is 8.41. The molecule has 0 atom stereocenters. The van der Waals surface area contributed by atoms with E-state index < -0.39 is 5.97 Å². The Morgan fingerprint density at radius 1 is 0.482 bits per heavy atom. The van der Waals surface area contributed by atoms with Gasteiger partial charge in [-0.25, -0.2) is 0 Å². The summed E-state index contributed by atoms with van der Waals surface area (Å²) in [6, 6.07) is 0. The van der Waals surface area contributed by atoms with Crippen molar-refractivity contribution in [3.63, 3.8) is 0 Å². The molecule has 1 N–H and O–H groups in total. The molecule has 0 aromatic heterocycles. The molecule has 0 radical (unpaired) electrons. The van der Waals surface area contributed by atoms with Crippen molar-refractivity contribution < 1.29 is 19.4 Å². The van der Waals surface area contributed by atoms with E-state index in [1.807, 2.05) is 0 Å². The van der Waals surface area contributed by atoms with Crippen molar-refractivity contribution in [2.75, 3.05) is 26.2 Å². The molecule has 0 unspecified atom stereocenters. The first-order valence-corrected chi connectivity index (χ1v) is 25.3. The van der Waals surface area contributed by atoms with Crippen molar-refractivity contribution in [1.29, 1.82) is 0 Å². The molecule has 1 rings (SSSR count). The van der Waals surface area contributed by atoms with Crippen molar-refractivity contribution in [3.8, 4) is 0 Å². The zero-order valence-electron chi connectivity index (χ0n) is 37.6. The first-order valence-electron chi connectivity index (χ1n) is 25.3. The van der Waals surface area contributed by atoms with E-state index in [4.69, 9.17) is 14.8 Å². The van der Waals surface area contributed by atoms with Crippen molar-refractivity contribution in [3.05, 3.63) is 0 Å². The van der Waals surface area contributed by atoms with Gasteiger partial charge >= 0.3 is 11.9 Å². The van der Waals surface area contributed by atoms with Crippen molar-refractivity contribution >= 4 is 17.8 Å². The number of hydrogen-bond acceptors (Lipinski definition) is 5. The van der Waals surface area contributed by atoms with E-state index in [0.717, 1.165) is 38.8 Å². The number of esters is 1. The summed E-state index contributed by atoms with van der Waals surface area (Å²) in [5, 5.41) is 8.69. The molecule has 1 heterocycles. The molecule has 0 aromatic carbocycles. The molecule has 0 amide bonds. The molecule has 1 aliphatic heterocycles. The lowest BCUT2D eigenvalue weighted by atomic mass is 10.0. The number of ether oxygens (including phenoxy) is 1. The largest absolute Gasteiger partial charge is 0.481 e. The number of hydrogen-bond donors (Lipinski definition) is 1. The molecular formula is C50H96N2O4. The van der Waals surface area contributed by atoms with Gasteiger partial charge < -0.3 is 14.7 Å². The third-order valence-corrected chi connectivity index (χ3v) is 12.1. The maximum Gasteiger partial charge on any atom is 0.305 e. The number of nitrogens with zero attached hydrogens (tertiary/aromatic N) is 2. The van der Waals surface area contributed by atoms with Gasteiger partial charge in [-0.05, 0) is 32.1 Å². The minimum absolute atomic E-state index is 0.0193. The average molecular weight is 789 g/mol. The number of rotatable bonds is 46. The zero-order chi connectivity index (χ0) is 40.3. The molecule has 0 aliphatic carbocycles. The second-order valence-corrected chi connectivity index (χ2v) is 17.6. The summed E-state index contributed by atoms with van der Waals surface area (Å²) in [6.07, 6.45) is 53.3. The lowest BCUT2D eigenvalue weighted by Crippen LogP contribution is -2.28. The van der Waals surface area contributed by atoms with Crippen LogP contribution in [0.25, 0.3) is 0 Å². The molecule has 330 valence electrons. The van der Waals surface area contributed by atoms with Crippen LogP contribution in [0.3, 0.4) is 0 Å². The van der Waals surface area contributed by atoms with Crippen LogP contribution in [-0.2, 0) is 14.3 Å². The number of amidine groups is 1. The Kier molecular flexibility index (Phi) is 40.3. The smallest absolute Gasteiger partial charge is 0.305 e. The highest BCUT2D eigenvalue weighted by atomic mass is 16.5. The maximum atomic E-state index is 12.1. The number of aliphatic imine (C=N–C) groups is 1. The number of carboxylic acids is 1. The van der Waals surface area contributed by atoms with E-state index in [1.54, 1.807) is 0 Å². The fourth-order valence-electron chi connectivity index (χ4n) is 8.41. The van der Waals surface area contributed by atoms with Crippen molar-refractivity contribution in [1.82, 2.24) is 4.90 Å². The van der Waals surface area contributed by atoms with Crippen LogP contribution >= 0.6 is 0 Å². The Morgan fingerprint density at radius 2 is 0.839 bits per heavy atom. The van der Waals surface area contributed by atoms with Crippen LogP contribution in [0.5, 0.6) is 0 Å². The van der Waals surface area contributed by atoms with Gasteiger partial charge in [0.1, 0.15) is 0 Å². The van der Waals surface area contributed by atoms with Gasteiger partial charge in [0.15, 0.2) is 0 Å². The van der Waals surface area contributed by atoms with Crippen LogP contribution in [0.4, 0.5) is 0 Å². The molecule has 0 bridgehead atoms. The maximum absolute atomic E-state index is 12.1. The van der Waals surface area contributed by atoms with E-state index in [0.29, 0.717) is 19.4 Å². The van der Waals surface area contributed by atoms with Gasteiger partial charge in [0.2, 0.25) is 0 Å². The quantitative estimate of drug-likeness (QED) is 0.0491. The van der Waals surface area contributed by atoms with E-state index in [9.17, 15) is 9.59 Å². The highest BCUT2D eigenvalue weighted by molar-refractivity contribution is 5.83. The van der Waals surface area contributed by atoms with Gasteiger partial charge in [-0.2, -0.15) is 0 Å². The predicted octanol–water partition coefficient (Wildman–Crippen LogP) is 15.7. The molecule has 0 saturated carbocycles. The number of carbonyl (C=O) groups is 2. The summed E-state index contributed by atoms with van der Waals surface area (Å²) in [5.41, 5.74) is 0. The van der Waals surface area contributed by atoms with E-state index in [-0.39, 0.29) is 5.97 Å². The lowest BCUT2D eigenvalue weighted by molar-refractivity contribution is -0.144. The van der Waals surface area contributed by atoms with E-state index in [2.05, 4.69) is 11.8 Å². The summed E-state index contributed by atoms with van der Waals surface area (Å²) >= 11 is 0. The van der Waals surface area contributed by atoms with Crippen molar-refractivity contribution in [2.24, 2.45) is 4.99 Å². The van der Waals surface area contributed by atoms with Gasteiger partial charge in [-0.15, -0.1) is 0 Å². The Bertz CT molecular complexity index is 877.